The highest BCUT2D eigenvalue weighted by Gasteiger charge is 2.21. The van der Waals surface area contributed by atoms with Gasteiger partial charge in [0.05, 0.1) is 5.02 Å². The molecule has 0 radical (unpaired) electrons. The number of phenols is 1. The number of hydrogen-bond acceptors (Lipinski definition) is 3. The largest absolute Gasteiger partial charge is 0.506 e. The lowest BCUT2D eigenvalue weighted by atomic mass is 10.0. The molecule has 1 aliphatic rings. The van der Waals surface area contributed by atoms with Gasteiger partial charge < -0.3 is 15.3 Å². The van der Waals surface area contributed by atoms with Gasteiger partial charge in [0, 0.05) is 30.4 Å². The van der Waals surface area contributed by atoms with E-state index in [2.05, 4.69) is 5.32 Å². The molecule has 0 aliphatic carbocycles. The lowest BCUT2D eigenvalue weighted by Gasteiger charge is -2.26. The van der Waals surface area contributed by atoms with Crippen molar-refractivity contribution in [2.24, 2.45) is 0 Å². The molecule has 6 heteroatoms. The van der Waals surface area contributed by atoms with Crippen LogP contribution in [-0.2, 0) is 11.2 Å². The first-order valence-corrected chi connectivity index (χ1v) is 7.53. The van der Waals surface area contributed by atoms with E-state index in [1.54, 1.807) is 18.0 Å². The quantitative estimate of drug-likeness (QED) is 0.888. The number of nitrogens with zero attached hydrogens (tertiary/aromatic N) is 1. The van der Waals surface area contributed by atoms with E-state index in [0.717, 1.165) is 11.3 Å². The summed E-state index contributed by atoms with van der Waals surface area (Å²) in [6.07, 6.45) is 1.13. The van der Waals surface area contributed by atoms with Gasteiger partial charge in [0.2, 0.25) is 5.91 Å². The number of nitrogens with one attached hydrogen (secondary N) is 1. The zero-order valence-corrected chi connectivity index (χ0v) is 13.2. The fraction of sp³-hybridized carbons (Fsp3) is 0.176. The zero-order valence-electron chi connectivity index (χ0n) is 12.5. The smallest absolute Gasteiger partial charge is 0.255 e. The van der Waals surface area contributed by atoms with Crippen LogP contribution in [0.25, 0.3) is 0 Å². The molecule has 0 spiro atoms. The van der Waals surface area contributed by atoms with E-state index in [9.17, 15) is 14.7 Å². The predicted octanol–water partition coefficient (Wildman–Crippen LogP) is 3.21. The minimum atomic E-state index is -0.313. The number of benzene rings is 2. The van der Waals surface area contributed by atoms with Crippen LogP contribution in [0.5, 0.6) is 5.75 Å². The molecule has 2 aromatic rings. The molecule has 0 fully saturated rings. The van der Waals surface area contributed by atoms with Gasteiger partial charge >= 0.3 is 0 Å². The fourth-order valence-corrected chi connectivity index (χ4v) is 2.77. The maximum Gasteiger partial charge on any atom is 0.255 e. The summed E-state index contributed by atoms with van der Waals surface area (Å²) in [4.78, 5) is 25.6. The molecule has 2 amide bonds. The van der Waals surface area contributed by atoms with Crippen LogP contribution in [0.15, 0.2) is 36.4 Å². The summed E-state index contributed by atoms with van der Waals surface area (Å²) in [5.74, 6) is -0.287. The summed E-state index contributed by atoms with van der Waals surface area (Å²) >= 11 is 5.82. The van der Waals surface area contributed by atoms with E-state index >= 15 is 0 Å². The molecule has 0 bridgehead atoms. The molecule has 23 heavy (non-hydrogen) atoms. The molecule has 0 saturated heterocycles. The Balaban J connectivity index is 1.82. The third kappa shape index (κ3) is 3.00. The molecule has 2 N–H and O–H groups in total. The number of phenolic OH excluding ortho intramolecular Hbond substituents is 1. The van der Waals surface area contributed by atoms with Crippen LogP contribution in [-0.4, -0.2) is 24.0 Å². The van der Waals surface area contributed by atoms with Gasteiger partial charge in [-0.05, 0) is 48.4 Å². The van der Waals surface area contributed by atoms with Gasteiger partial charge in [-0.15, -0.1) is 0 Å². The summed E-state index contributed by atoms with van der Waals surface area (Å²) in [5, 5.41) is 12.3. The first-order chi connectivity index (χ1) is 11.0. The van der Waals surface area contributed by atoms with Crippen molar-refractivity contribution in [2.45, 2.75) is 12.8 Å². The molecule has 3 rings (SSSR count). The number of aryl methyl sites for hydroxylation is 1. The third-order valence-electron chi connectivity index (χ3n) is 3.89. The molecule has 2 aromatic carbocycles. The Bertz CT molecular complexity index is 804. The number of amides is 2. The Morgan fingerprint density at radius 2 is 2.00 bits per heavy atom. The summed E-state index contributed by atoms with van der Waals surface area (Å²) in [6, 6.07) is 9.75. The van der Waals surface area contributed by atoms with Crippen molar-refractivity contribution in [2.75, 3.05) is 17.3 Å². The van der Waals surface area contributed by atoms with Crippen molar-refractivity contribution in [1.29, 1.82) is 0 Å². The van der Waals surface area contributed by atoms with Crippen molar-refractivity contribution >= 4 is 34.8 Å². The van der Waals surface area contributed by atoms with E-state index in [4.69, 9.17) is 11.6 Å². The van der Waals surface area contributed by atoms with Gasteiger partial charge in [-0.3, -0.25) is 9.59 Å². The van der Waals surface area contributed by atoms with Crippen LogP contribution in [0.3, 0.4) is 0 Å². The number of rotatable bonds is 2. The molecule has 0 unspecified atom stereocenters. The Kier molecular flexibility index (Phi) is 3.96. The Morgan fingerprint density at radius 3 is 2.74 bits per heavy atom. The average molecular weight is 331 g/mol. The molecule has 0 saturated carbocycles. The maximum atomic E-state index is 12.2. The highest BCUT2D eigenvalue weighted by atomic mass is 35.5. The van der Waals surface area contributed by atoms with E-state index in [1.165, 1.54) is 18.2 Å². The SMILES string of the molecule is CN1C(=O)CCc2cc(NC(=O)c3ccc(O)c(Cl)c3)ccc21. The molecular weight excluding hydrogens is 316 g/mol. The van der Waals surface area contributed by atoms with Crippen molar-refractivity contribution in [3.63, 3.8) is 0 Å². The maximum absolute atomic E-state index is 12.2. The molecule has 0 atom stereocenters. The molecule has 1 aliphatic heterocycles. The van der Waals surface area contributed by atoms with Crippen LogP contribution in [0.4, 0.5) is 11.4 Å². The first-order valence-electron chi connectivity index (χ1n) is 7.15. The number of carbonyl (C=O) groups excluding carboxylic acids is 2. The number of aromatic hydroxyl groups is 1. The summed E-state index contributed by atoms with van der Waals surface area (Å²) in [6.45, 7) is 0. The van der Waals surface area contributed by atoms with Gasteiger partial charge in [0.15, 0.2) is 0 Å². The first kappa shape index (κ1) is 15.4. The standard InChI is InChI=1S/C17H15ClN2O3/c1-20-14-5-4-12(8-10(14)3-7-16(20)22)19-17(23)11-2-6-15(21)13(18)9-11/h2,4-6,8-9,21H,3,7H2,1H3,(H,19,23). The second-order valence-corrected chi connectivity index (χ2v) is 5.82. The predicted molar refractivity (Wildman–Crippen MR) is 89.2 cm³/mol. The highest BCUT2D eigenvalue weighted by molar-refractivity contribution is 6.32. The van der Waals surface area contributed by atoms with Gasteiger partial charge in [-0.2, -0.15) is 0 Å². The topological polar surface area (TPSA) is 69.6 Å². The van der Waals surface area contributed by atoms with Crippen LogP contribution < -0.4 is 10.2 Å². The molecule has 5 nitrogen and oxygen atoms in total. The number of hydrogen-bond donors (Lipinski definition) is 2. The lowest BCUT2D eigenvalue weighted by molar-refractivity contribution is -0.118. The average Bonchev–Trinajstić information content (AvgIpc) is 2.53. The second-order valence-electron chi connectivity index (χ2n) is 5.42. The number of carbonyl (C=O) groups is 2. The summed E-state index contributed by atoms with van der Waals surface area (Å²) in [5.41, 5.74) is 2.90. The van der Waals surface area contributed by atoms with Gasteiger partial charge in [-0.25, -0.2) is 0 Å². The van der Waals surface area contributed by atoms with Crippen LogP contribution in [0.2, 0.25) is 5.02 Å². The summed E-state index contributed by atoms with van der Waals surface area (Å²) < 4.78 is 0. The Hall–Kier alpha value is -2.53. The Morgan fingerprint density at radius 1 is 1.22 bits per heavy atom. The minimum Gasteiger partial charge on any atom is -0.506 e. The molecular formula is C17H15ClN2O3. The minimum absolute atomic E-state index is 0.0651. The molecule has 118 valence electrons. The van der Waals surface area contributed by atoms with E-state index in [0.29, 0.717) is 24.1 Å². The number of anilines is 2. The van der Waals surface area contributed by atoms with Crippen molar-refractivity contribution in [1.82, 2.24) is 0 Å². The van der Waals surface area contributed by atoms with E-state index in [-0.39, 0.29) is 22.6 Å². The van der Waals surface area contributed by atoms with Gasteiger partial charge in [-0.1, -0.05) is 11.6 Å². The molecule has 1 heterocycles. The van der Waals surface area contributed by atoms with Crippen LogP contribution >= 0.6 is 11.6 Å². The lowest BCUT2D eigenvalue weighted by Crippen LogP contribution is -2.31. The number of halogens is 1. The van der Waals surface area contributed by atoms with E-state index < -0.39 is 0 Å². The normalized spacial score (nSPS) is 13.7. The zero-order chi connectivity index (χ0) is 16.6. The number of fused-ring (bicyclic) bond motifs is 1. The second kappa shape index (κ2) is 5.93. The highest BCUT2D eigenvalue weighted by Crippen LogP contribution is 2.29. The fourth-order valence-electron chi connectivity index (χ4n) is 2.59. The van der Waals surface area contributed by atoms with Crippen molar-refractivity contribution in [3.05, 3.63) is 52.5 Å². The van der Waals surface area contributed by atoms with Crippen LogP contribution in [0.1, 0.15) is 22.3 Å². The van der Waals surface area contributed by atoms with E-state index in [1.807, 2.05) is 12.1 Å². The molecule has 0 aromatic heterocycles. The van der Waals surface area contributed by atoms with Gasteiger partial charge in [0.1, 0.15) is 5.75 Å². The van der Waals surface area contributed by atoms with Crippen LogP contribution in [0, 0.1) is 0 Å². The summed E-state index contributed by atoms with van der Waals surface area (Å²) in [7, 11) is 1.75. The van der Waals surface area contributed by atoms with Crippen molar-refractivity contribution in [3.8, 4) is 5.75 Å². The Labute approximate surface area is 138 Å². The monoisotopic (exact) mass is 330 g/mol. The van der Waals surface area contributed by atoms with Crippen molar-refractivity contribution < 1.29 is 14.7 Å². The van der Waals surface area contributed by atoms with Gasteiger partial charge in [0.25, 0.3) is 5.91 Å². The third-order valence-corrected chi connectivity index (χ3v) is 4.19.